The van der Waals surface area contributed by atoms with Gasteiger partial charge >= 0.3 is 0 Å². The van der Waals surface area contributed by atoms with E-state index in [1.54, 1.807) is 0 Å². The van der Waals surface area contributed by atoms with Crippen LogP contribution in [-0.4, -0.2) is 38.3 Å². The molecule has 0 saturated carbocycles. The van der Waals surface area contributed by atoms with Gasteiger partial charge in [0, 0.05) is 19.2 Å². The van der Waals surface area contributed by atoms with E-state index in [1.165, 1.54) is 0 Å². The van der Waals surface area contributed by atoms with Crippen molar-refractivity contribution in [2.24, 2.45) is 11.3 Å². The highest BCUT2D eigenvalue weighted by Gasteiger charge is 2.50. The number of carbonyl (C=O) groups is 1. The fourth-order valence-corrected chi connectivity index (χ4v) is 2.57. The lowest BCUT2D eigenvalue weighted by atomic mass is 9.75. The molecule has 1 amide bonds. The lowest BCUT2D eigenvalue weighted by molar-refractivity contribution is -0.141. The van der Waals surface area contributed by atoms with Crippen LogP contribution >= 0.6 is 0 Å². The van der Waals surface area contributed by atoms with Crippen molar-refractivity contribution in [2.45, 2.75) is 26.3 Å². The second kappa shape index (κ2) is 4.10. The summed E-state index contributed by atoms with van der Waals surface area (Å²) < 4.78 is 5.49. The summed E-state index contributed by atoms with van der Waals surface area (Å²) >= 11 is 0. The average Bonchev–Trinajstić information content (AvgIpc) is 2.61. The van der Waals surface area contributed by atoms with Crippen molar-refractivity contribution in [3.05, 3.63) is 0 Å². The molecule has 15 heavy (non-hydrogen) atoms. The van der Waals surface area contributed by atoms with Crippen molar-refractivity contribution in [3.8, 4) is 0 Å². The first kappa shape index (κ1) is 10.9. The zero-order valence-corrected chi connectivity index (χ0v) is 9.51. The van der Waals surface area contributed by atoms with Gasteiger partial charge in [0.25, 0.3) is 0 Å². The summed E-state index contributed by atoms with van der Waals surface area (Å²) in [7, 11) is 0. The van der Waals surface area contributed by atoms with Gasteiger partial charge in [0.15, 0.2) is 0 Å². The van der Waals surface area contributed by atoms with Crippen LogP contribution in [0.4, 0.5) is 0 Å². The molecule has 2 saturated heterocycles. The molecule has 2 aliphatic rings. The third kappa shape index (κ3) is 1.88. The molecule has 0 aromatic rings. The number of amides is 1. The maximum Gasteiger partial charge on any atom is 0.230 e. The predicted octanol–water partition coefficient (Wildman–Crippen LogP) is 0.137. The summed E-state index contributed by atoms with van der Waals surface area (Å²) in [5, 5.41) is 6.33. The Balaban J connectivity index is 2.11. The van der Waals surface area contributed by atoms with Gasteiger partial charge in [-0.15, -0.1) is 0 Å². The molecule has 2 atom stereocenters. The minimum Gasteiger partial charge on any atom is -0.380 e. The molecule has 86 valence electrons. The summed E-state index contributed by atoms with van der Waals surface area (Å²) in [5.74, 6) is 0.609. The van der Waals surface area contributed by atoms with E-state index >= 15 is 0 Å². The Morgan fingerprint density at radius 1 is 1.60 bits per heavy atom. The number of nitrogens with one attached hydrogen (secondary N) is 2. The zero-order valence-electron chi connectivity index (χ0n) is 9.51. The van der Waals surface area contributed by atoms with Crippen molar-refractivity contribution in [1.82, 2.24) is 10.6 Å². The molecule has 0 bridgehead atoms. The Bertz CT molecular complexity index is 255. The van der Waals surface area contributed by atoms with Gasteiger partial charge in [-0.05, 0) is 32.7 Å². The molecular weight excluding hydrogens is 192 g/mol. The molecule has 0 unspecified atom stereocenters. The number of ether oxygens (including phenoxy) is 1. The van der Waals surface area contributed by atoms with Crippen LogP contribution in [0.5, 0.6) is 0 Å². The van der Waals surface area contributed by atoms with Crippen molar-refractivity contribution in [2.75, 3.05) is 26.3 Å². The topological polar surface area (TPSA) is 50.4 Å². The van der Waals surface area contributed by atoms with E-state index in [0.29, 0.717) is 12.5 Å². The van der Waals surface area contributed by atoms with Crippen LogP contribution in [0, 0.1) is 11.3 Å². The van der Waals surface area contributed by atoms with Gasteiger partial charge in [-0.25, -0.2) is 0 Å². The van der Waals surface area contributed by atoms with Crippen LogP contribution in [0.2, 0.25) is 0 Å². The van der Waals surface area contributed by atoms with E-state index in [0.717, 1.165) is 26.1 Å². The molecule has 2 aliphatic heterocycles. The smallest absolute Gasteiger partial charge is 0.230 e. The molecule has 0 radical (unpaired) electrons. The first-order chi connectivity index (χ1) is 7.15. The lowest BCUT2D eigenvalue weighted by Crippen LogP contribution is -2.53. The number of hydrogen-bond donors (Lipinski definition) is 2. The molecule has 2 rings (SSSR count). The van der Waals surface area contributed by atoms with Crippen LogP contribution in [0.1, 0.15) is 20.3 Å². The minimum absolute atomic E-state index is 0.159. The summed E-state index contributed by atoms with van der Waals surface area (Å²) in [6.45, 7) is 7.07. The van der Waals surface area contributed by atoms with Crippen LogP contribution in [-0.2, 0) is 9.53 Å². The third-order valence-corrected chi connectivity index (χ3v) is 3.45. The monoisotopic (exact) mass is 212 g/mol. The van der Waals surface area contributed by atoms with Crippen LogP contribution in [0.25, 0.3) is 0 Å². The van der Waals surface area contributed by atoms with E-state index in [2.05, 4.69) is 10.6 Å². The fraction of sp³-hybridized carbons (Fsp3) is 0.909. The summed E-state index contributed by atoms with van der Waals surface area (Å²) in [5.41, 5.74) is -0.303. The molecule has 2 fully saturated rings. The normalized spacial score (nSPS) is 35.3. The summed E-state index contributed by atoms with van der Waals surface area (Å²) in [6, 6.07) is 0.204. The van der Waals surface area contributed by atoms with Crippen LogP contribution < -0.4 is 10.6 Å². The lowest BCUT2D eigenvalue weighted by Gasteiger charge is -2.37. The Morgan fingerprint density at radius 2 is 2.40 bits per heavy atom. The van der Waals surface area contributed by atoms with E-state index < -0.39 is 0 Å². The molecular formula is C11H20N2O2. The number of hydrogen-bond acceptors (Lipinski definition) is 3. The van der Waals surface area contributed by atoms with E-state index in [9.17, 15) is 4.79 Å². The Kier molecular flexibility index (Phi) is 2.98. The second-order valence-electron chi connectivity index (χ2n) is 4.95. The van der Waals surface area contributed by atoms with Gasteiger partial charge in [-0.1, -0.05) is 0 Å². The molecule has 4 heteroatoms. The fourth-order valence-electron chi connectivity index (χ4n) is 2.57. The van der Waals surface area contributed by atoms with Gasteiger partial charge in [0.2, 0.25) is 5.91 Å². The van der Waals surface area contributed by atoms with Gasteiger partial charge < -0.3 is 15.4 Å². The molecule has 0 aromatic carbocycles. The van der Waals surface area contributed by atoms with E-state index in [-0.39, 0.29) is 17.4 Å². The largest absolute Gasteiger partial charge is 0.380 e. The summed E-state index contributed by atoms with van der Waals surface area (Å²) in [4.78, 5) is 12.2. The highest BCUT2D eigenvalue weighted by atomic mass is 16.5. The van der Waals surface area contributed by atoms with Gasteiger partial charge in [-0.2, -0.15) is 0 Å². The SMILES string of the molecule is CC(C)NC(=O)[C@]12CNC[C@H]1CCOC2. The van der Waals surface area contributed by atoms with Crippen LogP contribution in [0.3, 0.4) is 0 Å². The van der Waals surface area contributed by atoms with Crippen molar-refractivity contribution < 1.29 is 9.53 Å². The molecule has 0 aromatic heterocycles. The number of fused-ring (bicyclic) bond motifs is 1. The Hall–Kier alpha value is -0.610. The van der Waals surface area contributed by atoms with Crippen molar-refractivity contribution >= 4 is 5.91 Å². The third-order valence-electron chi connectivity index (χ3n) is 3.45. The molecule has 4 nitrogen and oxygen atoms in total. The van der Waals surface area contributed by atoms with E-state index in [4.69, 9.17) is 4.74 Å². The second-order valence-corrected chi connectivity index (χ2v) is 4.95. The zero-order chi connectivity index (χ0) is 10.9. The highest BCUT2D eigenvalue weighted by Crippen LogP contribution is 2.37. The van der Waals surface area contributed by atoms with E-state index in [1.807, 2.05) is 13.8 Å². The Morgan fingerprint density at radius 3 is 3.13 bits per heavy atom. The maximum atomic E-state index is 12.2. The maximum absolute atomic E-state index is 12.2. The molecule has 2 heterocycles. The number of rotatable bonds is 2. The van der Waals surface area contributed by atoms with Gasteiger partial charge in [-0.3, -0.25) is 4.79 Å². The predicted molar refractivity (Wildman–Crippen MR) is 57.5 cm³/mol. The standard InChI is InChI=1S/C11H20N2O2/c1-8(2)13-10(14)11-6-12-5-9(11)3-4-15-7-11/h8-9,12H,3-7H2,1-2H3,(H,13,14)/t9-,11+/m1/s1. The molecule has 2 N–H and O–H groups in total. The first-order valence-corrected chi connectivity index (χ1v) is 5.74. The quantitative estimate of drug-likeness (QED) is 0.684. The summed E-state index contributed by atoms with van der Waals surface area (Å²) in [6.07, 6.45) is 0.999. The Labute approximate surface area is 90.8 Å². The molecule has 0 aliphatic carbocycles. The first-order valence-electron chi connectivity index (χ1n) is 5.74. The van der Waals surface area contributed by atoms with Crippen molar-refractivity contribution in [1.29, 1.82) is 0 Å². The van der Waals surface area contributed by atoms with Crippen molar-refractivity contribution in [3.63, 3.8) is 0 Å². The molecule has 0 spiro atoms. The van der Waals surface area contributed by atoms with Crippen LogP contribution in [0.15, 0.2) is 0 Å². The minimum atomic E-state index is -0.303. The van der Waals surface area contributed by atoms with Gasteiger partial charge in [0.1, 0.15) is 0 Å². The number of carbonyl (C=O) groups excluding carboxylic acids is 1. The van der Waals surface area contributed by atoms with Gasteiger partial charge in [0.05, 0.1) is 12.0 Å². The average molecular weight is 212 g/mol. The highest BCUT2D eigenvalue weighted by molar-refractivity contribution is 5.84.